The number of piperidine rings is 1. The topological polar surface area (TPSA) is 73.2 Å². The molecule has 3 aromatic rings. The van der Waals surface area contributed by atoms with Crippen LogP contribution in [0.5, 0.6) is 0 Å². The SMILES string of the molecule is O=C(NN1CCCCC1)c1nn(-c2ccc(Cl)cc2)c2c1C[S+]([O-])C/C2=C\c1ccc(F)cc1. The van der Waals surface area contributed by atoms with Crippen LogP contribution in [-0.4, -0.2) is 44.1 Å². The first-order chi connectivity index (χ1) is 16.5. The van der Waals surface area contributed by atoms with Gasteiger partial charge >= 0.3 is 0 Å². The molecule has 1 amide bonds. The van der Waals surface area contributed by atoms with Crippen LogP contribution in [0.25, 0.3) is 17.3 Å². The fourth-order valence-electron chi connectivity index (χ4n) is 4.39. The molecule has 0 aliphatic carbocycles. The van der Waals surface area contributed by atoms with Crippen LogP contribution in [0, 0.1) is 5.82 Å². The van der Waals surface area contributed by atoms with Crippen molar-refractivity contribution >= 4 is 40.3 Å². The van der Waals surface area contributed by atoms with Gasteiger partial charge in [0.1, 0.15) is 17.3 Å². The van der Waals surface area contributed by atoms with E-state index < -0.39 is 11.2 Å². The molecule has 1 atom stereocenters. The summed E-state index contributed by atoms with van der Waals surface area (Å²) >= 11 is 4.89. The maximum absolute atomic E-state index is 13.4. The van der Waals surface area contributed by atoms with Gasteiger partial charge in [0.05, 0.1) is 16.9 Å². The van der Waals surface area contributed by atoms with Crippen LogP contribution in [0.2, 0.25) is 5.02 Å². The highest BCUT2D eigenvalue weighted by Crippen LogP contribution is 2.35. The Kier molecular flexibility index (Phi) is 6.74. The first-order valence-corrected chi connectivity index (χ1v) is 13.1. The minimum atomic E-state index is -1.20. The van der Waals surface area contributed by atoms with Crippen LogP contribution >= 0.6 is 11.6 Å². The van der Waals surface area contributed by atoms with Crippen molar-refractivity contribution in [1.82, 2.24) is 20.2 Å². The van der Waals surface area contributed by atoms with Gasteiger partial charge in [-0.1, -0.05) is 30.2 Å². The van der Waals surface area contributed by atoms with Crippen molar-refractivity contribution in [3.63, 3.8) is 0 Å². The van der Waals surface area contributed by atoms with Gasteiger partial charge in [0.15, 0.2) is 5.69 Å². The Labute approximate surface area is 205 Å². The van der Waals surface area contributed by atoms with Gasteiger partial charge in [0.2, 0.25) is 0 Å². The smallest absolute Gasteiger partial charge is 0.286 e. The Balaban J connectivity index is 1.61. The number of hydrogen-bond acceptors (Lipinski definition) is 4. The molecule has 1 unspecified atom stereocenters. The van der Waals surface area contributed by atoms with E-state index >= 15 is 0 Å². The first kappa shape index (κ1) is 23.1. The predicted octanol–water partition coefficient (Wildman–Crippen LogP) is 4.60. The van der Waals surface area contributed by atoms with Crippen molar-refractivity contribution in [3.8, 4) is 5.69 Å². The molecule has 2 aliphatic rings. The van der Waals surface area contributed by atoms with E-state index in [4.69, 9.17) is 16.7 Å². The molecule has 176 valence electrons. The summed E-state index contributed by atoms with van der Waals surface area (Å²) in [5.74, 6) is -0.0626. The zero-order valence-electron chi connectivity index (χ0n) is 18.5. The second-order valence-electron chi connectivity index (χ2n) is 8.50. The third-order valence-corrected chi connectivity index (χ3v) is 7.52. The van der Waals surface area contributed by atoms with Gasteiger partial charge in [-0.25, -0.2) is 14.1 Å². The van der Waals surface area contributed by atoms with Gasteiger partial charge < -0.3 is 4.55 Å². The molecule has 0 bridgehead atoms. The lowest BCUT2D eigenvalue weighted by Crippen LogP contribution is -2.45. The van der Waals surface area contributed by atoms with Crippen molar-refractivity contribution in [2.75, 3.05) is 18.8 Å². The number of fused-ring (bicyclic) bond motifs is 1. The van der Waals surface area contributed by atoms with Crippen molar-refractivity contribution in [2.24, 2.45) is 0 Å². The molecule has 0 radical (unpaired) electrons. The normalized spacial score (nSPS) is 19.7. The predicted molar refractivity (Wildman–Crippen MR) is 132 cm³/mol. The summed E-state index contributed by atoms with van der Waals surface area (Å²) in [6.45, 7) is 1.60. The monoisotopic (exact) mass is 498 g/mol. The maximum Gasteiger partial charge on any atom is 0.286 e. The van der Waals surface area contributed by atoms with Crippen molar-refractivity contribution < 1.29 is 13.7 Å². The largest absolute Gasteiger partial charge is 0.616 e. The zero-order valence-corrected chi connectivity index (χ0v) is 20.0. The fraction of sp³-hybridized carbons (Fsp3) is 0.280. The Morgan fingerprint density at radius 2 is 1.76 bits per heavy atom. The second-order valence-corrected chi connectivity index (χ2v) is 10.4. The summed E-state index contributed by atoms with van der Waals surface area (Å²) in [5, 5.41) is 7.22. The first-order valence-electron chi connectivity index (χ1n) is 11.2. The number of aromatic nitrogens is 2. The second kappa shape index (κ2) is 9.92. The summed E-state index contributed by atoms with van der Waals surface area (Å²) < 4.78 is 28.0. The Hall–Kier alpha value is -2.65. The van der Waals surface area contributed by atoms with Crippen molar-refractivity contribution in [2.45, 2.75) is 25.0 Å². The average molecular weight is 499 g/mol. The lowest BCUT2D eigenvalue weighted by Gasteiger charge is -2.26. The standard InChI is InChI=1S/C25H24ClFN4O2S/c26-19-6-10-21(11-7-19)31-24-18(14-17-4-8-20(27)9-5-17)15-34(33)16-22(24)23(28-31)25(32)29-30-12-2-1-3-13-30/h4-11,14H,1-3,12-13,15-16H2,(H,29,32)/b18-14+. The summed E-state index contributed by atoms with van der Waals surface area (Å²) in [5.41, 5.74) is 6.96. The molecule has 2 aliphatic heterocycles. The minimum Gasteiger partial charge on any atom is -0.616 e. The Morgan fingerprint density at radius 1 is 1.06 bits per heavy atom. The number of benzene rings is 2. The van der Waals surface area contributed by atoms with Gasteiger partial charge in [0.25, 0.3) is 5.91 Å². The van der Waals surface area contributed by atoms with E-state index in [9.17, 15) is 13.7 Å². The van der Waals surface area contributed by atoms with Crippen LogP contribution in [0.1, 0.15) is 46.6 Å². The molecule has 1 N–H and O–H groups in total. The Bertz CT molecular complexity index is 1220. The molecule has 2 aromatic carbocycles. The number of hydrogen-bond donors (Lipinski definition) is 1. The van der Waals surface area contributed by atoms with E-state index in [-0.39, 0.29) is 23.2 Å². The highest BCUT2D eigenvalue weighted by atomic mass is 35.5. The van der Waals surface area contributed by atoms with Gasteiger partial charge in [-0.2, -0.15) is 5.10 Å². The number of carbonyl (C=O) groups excluding carboxylic acids is 1. The highest BCUT2D eigenvalue weighted by Gasteiger charge is 2.34. The van der Waals surface area contributed by atoms with Gasteiger partial charge in [-0.3, -0.25) is 10.2 Å². The van der Waals surface area contributed by atoms with Crippen molar-refractivity contribution in [1.29, 1.82) is 0 Å². The molecule has 3 heterocycles. The molecule has 1 fully saturated rings. The van der Waals surface area contributed by atoms with E-state index in [2.05, 4.69) is 5.43 Å². The van der Waals surface area contributed by atoms with Crippen LogP contribution in [-0.2, 0) is 16.9 Å². The molecular formula is C25H24ClFN4O2S. The van der Waals surface area contributed by atoms with Gasteiger partial charge in [0, 0.05) is 23.7 Å². The number of hydrazine groups is 1. The van der Waals surface area contributed by atoms with Crippen LogP contribution in [0.15, 0.2) is 48.5 Å². The molecule has 34 heavy (non-hydrogen) atoms. The van der Waals surface area contributed by atoms with Crippen LogP contribution < -0.4 is 5.43 Å². The van der Waals surface area contributed by atoms with E-state index in [1.54, 1.807) is 28.9 Å². The van der Waals surface area contributed by atoms with Gasteiger partial charge in [-0.15, -0.1) is 0 Å². The van der Waals surface area contributed by atoms with Crippen molar-refractivity contribution in [3.05, 3.63) is 81.9 Å². The molecule has 0 saturated carbocycles. The summed E-state index contributed by atoms with van der Waals surface area (Å²) in [6, 6.07) is 13.3. The molecule has 9 heteroatoms. The third-order valence-electron chi connectivity index (χ3n) is 6.02. The van der Waals surface area contributed by atoms with Crippen LogP contribution in [0.4, 0.5) is 4.39 Å². The van der Waals surface area contributed by atoms with E-state index in [1.165, 1.54) is 12.1 Å². The quantitative estimate of drug-likeness (QED) is 0.534. The molecular weight excluding hydrogens is 475 g/mol. The lowest BCUT2D eigenvalue weighted by molar-refractivity contribution is 0.0743. The van der Waals surface area contributed by atoms with Gasteiger partial charge in [-0.05, 0) is 72.1 Å². The minimum absolute atomic E-state index is 0.242. The molecule has 1 aromatic heterocycles. The van der Waals surface area contributed by atoms with E-state index in [0.717, 1.165) is 54.9 Å². The summed E-state index contributed by atoms with van der Waals surface area (Å²) in [4.78, 5) is 13.3. The van der Waals surface area contributed by atoms with E-state index in [0.29, 0.717) is 16.3 Å². The number of nitrogens with zero attached hydrogens (tertiary/aromatic N) is 3. The highest BCUT2D eigenvalue weighted by molar-refractivity contribution is 7.91. The number of nitrogens with one attached hydrogen (secondary N) is 1. The fourth-order valence-corrected chi connectivity index (χ4v) is 5.79. The number of halogens is 2. The third kappa shape index (κ3) is 4.90. The number of amides is 1. The summed E-state index contributed by atoms with van der Waals surface area (Å²) in [6.07, 6.45) is 5.11. The van der Waals surface area contributed by atoms with E-state index in [1.807, 2.05) is 23.2 Å². The average Bonchev–Trinajstić information content (AvgIpc) is 3.21. The molecule has 6 nitrogen and oxygen atoms in total. The number of rotatable bonds is 4. The summed E-state index contributed by atoms with van der Waals surface area (Å²) in [7, 11) is 0. The number of carbonyl (C=O) groups is 1. The molecule has 1 saturated heterocycles. The zero-order chi connectivity index (χ0) is 23.7. The van der Waals surface area contributed by atoms with Crippen LogP contribution in [0.3, 0.4) is 0 Å². The molecule has 5 rings (SSSR count). The maximum atomic E-state index is 13.4. The lowest BCUT2D eigenvalue weighted by atomic mass is 10.0. The Morgan fingerprint density at radius 3 is 2.47 bits per heavy atom. The molecule has 0 spiro atoms.